The van der Waals surface area contributed by atoms with Crippen molar-refractivity contribution in [3.8, 4) is 11.8 Å². The minimum absolute atomic E-state index is 0.0126. The van der Waals surface area contributed by atoms with Crippen LogP contribution in [0, 0.1) is 11.3 Å². The monoisotopic (exact) mass is 319 g/mol. The first-order valence-electron chi connectivity index (χ1n) is 5.94. The summed E-state index contributed by atoms with van der Waals surface area (Å²) < 4.78 is 9.43. The first-order chi connectivity index (χ1) is 10.6. The number of thioether (sulfide) groups is 1. The maximum atomic E-state index is 11.7. The van der Waals surface area contributed by atoms with Crippen LogP contribution in [-0.4, -0.2) is 33.1 Å². The number of aromatic carboxylic acids is 1. The second-order valence-corrected chi connectivity index (χ2v) is 4.93. The summed E-state index contributed by atoms with van der Waals surface area (Å²) in [4.78, 5) is 22.7. The molecule has 22 heavy (non-hydrogen) atoms. The Morgan fingerprint density at radius 1 is 1.36 bits per heavy atom. The largest absolute Gasteiger partial charge is 0.478 e. The topological polar surface area (TPSA) is 126 Å². The number of benzene rings is 1. The van der Waals surface area contributed by atoms with Gasteiger partial charge in [0, 0.05) is 5.75 Å². The van der Waals surface area contributed by atoms with E-state index in [0.29, 0.717) is 5.69 Å². The van der Waals surface area contributed by atoms with Crippen molar-refractivity contribution in [2.75, 3.05) is 5.75 Å². The Kier molecular flexibility index (Phi) is 5.11. The molecule has 0 saturated carbocycles. The second-order valence-electron chi connectivity index (χ2n) is 3.94. The lowest BCUT2D eigenvalue weighted by Crippen LogP contribution is -2.13. The third-order valence-corrected chi connectivity index (χ3v) is 3.38. The number of rotatable bonds is 6. The highest BCUT2D eigenvalue weighted by Gasteiger charge is 2.15. The van der Waals surface area contributed by atoms with E-state index in [4.69, 9.17) is 15.1 Å². The lowest BCUT2D eigenvalue weighted by atomic mass is 10.2. The van der Waals surface area contributed by atoms with Gasteiger partial charge in [-0.15, -0.1) is 11.8 Å². The van der Waals surface area contributed by atoms with Crippen molar-refractivity contribution < 1.29 is 24.1 Å². The number of carbonyl (C=O) groups is 2. The van der Waals surface area contributed by atoms with E-state index in [1.807, 2.05) is 6.07 Å². The molecular formula is C13H9N3O5S. The molecule has 0 spiro atoms. The molecule has 1 N–H and O–H groups in total. The van der Waals surface area contributed by atoms with Crippen molar-refractivity contribution in [2.24, 2.45) is 0 Å². The van der Waals surface area contributed by atoms with Crippen LogP contribution in [0.1, 0.15) is 21.7 Å². The number of nitriles is 1. The predicted molar refractivity (Wildman–Crippen MR) is 74.2 cm³/mol. The molecule has 0 aliphatic carbocycles. The van der Waals surface area contributed by atoms with Gasteiger partial charge in [0.1, 0.15) is 23.1 Å². The minimum Gasteiger partial charge on any atom is -0.478 e. The summed E-state index contributed by atoms with van der Waals surface area (Å²) in [5, 5.41) is 24.6. The number of nitrogens with zero attached hydrogens (tertiary/aromatic N) is 3. The molecule has 9 heteroatoms. The van der Waals surface area contributed by atoms with Crippen molar-refractivity contribution in [1.29, 1.82) is 5.26 Å². The standard InChI is InChI=1S/C13H9N3O5S/c14-5-9-10(16-21-15-9)6-22-7-12(17)20-11-4-2-1-3-8(11)13(18)19/h1-4H,6-7H2,(H,18,19). The zero-order valence-corrected chi connectivity index (χ0v) is 11.9. The molecule has 2 rings (SSSR count). The van der Waals surface area contributed by atoms with Gasteiger partial charge in [-0.05, 0) is 17.3 Å². The molecule has 1 aromatic heterocycles. The molecule has 0 aliphatic rings. The van der Waals surface area contributed by atoms with Gasteiger partial charge in [0.2, 0.25) is 5.69 Å². The zero-order chi connectivity index (χ0) is 15.9. The predicted octanol–water partition coefficient (Wildman–Crippen LogP) is 1.48. The van der Waals surface area contributed by atoms with Crippen LogP contribution in [0.3, 0.4) is 0 Å². The van der Waals surface area contributed by atoms with E-state index < -0.39 is 11.9 Å². The Balaban J connectivity index is 1.89. The summed E-state index contributed by atoms with van der Waals surface area (Å²) in [6, 6.07) is 7.67. The molecule has 0 unspecified atom stereocenters. The van der Waals surface area contributed by atoms with Crippen molar-refractivity contribution >= 4 is 23.7 Å². The zero-order valence-electron chi connectivity index (χ0n) is 11.1. The maximum Gasteiger partial charge on any atom is 0.339 e. The molecule has 0 atom stereocenters. The normalized spacial score (nSPS) is 9.95. The maximum absolute atomic E-state index is 11.7. The molecular weight excluding hydrogens is 310 g/mol. The molecule has 0 amide bonds. The van der Waals surface area contributed by atoms with Crippen LogP contribution in [-0.2, 0) is 10.5 Å². The summed E-state index contributed by atoms with van der Waals surface area (Å²) in [6.07, 6.45) is 0. The van der Waals surface area contributed by atoms with Crippen molar-refractivity contribution in [3.05, 3.63) is 41.2 Å². The Labute approximate surface area is 128 Å². The number of hydrogen-bond acceptors (Lipinski definition) is 8. The minimum atomic E-state index is -1.18. The van der Waals surface area contributed by atoms with Gasteiger partial charge in [-0.2, -0.15) is 5.26 Å². The van der Waals surface area contributed by atoms with Crippen LogP contribution in [0.15, 0.2) is 28.9 Å². The molecule has 0 radical (unpaired) electrons. The summed E-state index contributed by atoms with van der Waals surface area (Å²) in [5.41, 5.74) is 0.316. The van der Waals surface area contributed by atoms with Crippen LogP contribution >= 0.6 is 11.8 Å². The molecule has 0 saturated heterocycles. The van der Waals surface area contributed by atoms with Gasteiger partial charge in [-0.1, -0.05) is 17.3 Å². The molecule has 112 valence electrons. The lowest BCUT2D eigenvalue weighted by molar-refractivity contribution is -0.131. The van der Waals surface area contributed by atoms with Crippen molar-refractivity contribution in [3.63, 3.8) is 0 Å². The van der Waals surface area contributed by atoms with E-state index in [-0.39, 0.29) is 28.5 Å². The summed E-state index contributed by atoms with van der Waals surface area (Å²) >= 11 is 1.15. The number of hydrogen-bond donors (Lipinski definition) is 1. The van der Waals surface area contributed by atoms with Gasteiger partial charge in [0.25, 0.3) is 0 Å². The highest BCUT2D eigenvalue weighted by molar-refractivity contribution is 7.99. The number of carboxylic acids is 1. The van der Waals surface area contributed by atoms with Gasteiger partial charge in [-0.3, -0.25) is 4.79 Å². The molecule has 0 aliphatic heterocycles. The first kappa shape index (κ1) is 15.5. The summed E-state index contributed by atoms with van der Waals surface area (Å²) in [5.74, 6) is -1.58. The number of carbonyl (C=O) groups excluding carboxylic acids is 1. The third-order valence-electron chi connectivity index (χ3n) is 2.46. The van der Waals surface area contributed by atoms with Crippen LogP contribution in [0.2, 0.25) is 0 Å². The van der Waals surface area contributed by atoms with E-state index in [0.717, 1.165) is 11.8 Å². The van der Waals surface area contributed by atoms with E-state index in [9.17, 15) is 9.59 Å². The van der Waals surface area contributed by atoms with Gasteiger partial charge >= 0.3 is 11.9 Å². The SMILES string of the molecule is N#Cc1nonc1CSCC(=O)Oc1ccccc1C(=O)O. The number of esters is 1. The second kappa shape index (κ2) is 7.24. The Morgan fingerprint density at radius 3 is 2.86 bits per heavy atom. The number of carboxylic acid groups (broad SMARTS) is 1. The van der Waals surface area contributed by atoms with E-state index in [2.05, 4.69) is 14.9 Å². The Morgan fingerprint density at radius 2 is 2.14 bits per heavy atom. The quantitative estimate of drug-likeness (QED) is 0.622. The molecule has 8 nitrogen and oxygen atoms in total. The van der Waals surface area contributed by atoms with Gasteiger partial charge in [0.15, 0.2) is 0 Å². The molecule has 0 fully saturated rings. The van der Waals surface area contributed by atoms with Crippen LogP contribution in [0.25, 0.3) is 0 Å². The Bertz CT molecular complexity index is 737. The average molecular weight is 319 g/mol. The fourth-order valence-corrected chi connectivity index (χ4v) is 2.21. The fraction of sp³-hybridized carbons (Fsp3) is 0.154. The highest BCUT2D eigenvalue weighted by atomic mass is 32.2. The van der Waals surface area contributed by atoms with Gasteiger partial charge in [0.05, 0.1) is 5.75 Å². The first-order valence-corrected chi connectivity index (χ1v) is 7.09. The van der Waals surface area contributed by atoms with Gasteiger partial charge in [-0.25, -0.2) is 9.42 Å². The lowest BCUT2D eigenvalue weighted by Gasteiger charge is -2.06. The van der Waals surface area contributed by atoms with Crippen LogP contribution in [0.4, 0.5) is 0 Å². The highest BCUT2D eigenvalue weighted by Crippen LogP contribution is 2.19. The summed E-state index contributed by atoms with van der Waals surface area (Å²) in [6.45, 7) is 0. The van der Waals surface area contributed by atoms with Crippen LogP contribution in [0.5, 0.6) is 5.75 Å². The molecule has 0 bridgehead atoms. The van der Waals surface area contributed by atoms with Crippen molar-refractivity contribution in [2.45, 2.75) is 5.75 Å². The average Bonchev–Trinajstić information content (AvgIpc) is 2.95. The number of aromatic nitrogens is 2. The number of para-hydroxylation sites is 1. The van der Waals surface area contributed by atoms with Crippen LogP contribution < -0.4 is 4.74 Å². The molecule has 2 aromatic rings. The molecule has 1 aromatic carbocycles. The van der Waals surface area contributed by atoms with E-state index >= 15 is 0 Å². The Hall–Kier alpha value is -2.86. The van der Waals surface area contributed by atoms with Gasteiger partial charge < -0.3 is 9.84 Å². The van der Waals surface area contributed by atoms with E-state index in [1.54, 1.807) is 6.07 Å². The molecule has 1 heterocycles. The smallest absolute Gasteiger partial charge is 0.339 e. The fourth-order valence-electron chi connectivity index (χ4n) is 1.50. The van der Waals surface area contributed by atoms with E-state index in [1.165, 1.54) is 18.2 Å². The number of ether oxygens (including phenoxy) is 1. The van der Waals surface area contributed by atoms with Crippen molar-refractivity contribution in [1.82, 2.24) is 10.3 Å². The summed E-state index contributed by atoms with van der Waals surface area (Å²) in [7, 11) is 0. The third kappa shape index (κ3) is 3.83.